The van der Waals surface area contributed by atoms with E-state index in [-0.39, 0.29) is 5.25 Å². The maximum atomic E-state index is 12.5. The fourth-order valence-corrected chi connectivity index (χ4v) is 4.26. The Hall–Kier alpha value is -2.29. The maximum absolute atomic E-state index is 12.5. The summed E-state index contributed by atoms with van der Waals surface area (Å²) < 4.78 is 37.6. The highest BCUT2D eigenvalue weighted by Gasteiger charge is 2.32. The van der Waals surface area contributed by atoms with Crippen molar-refractivity contribution in [1.82, 2.24) is 15.3 Å². The summed E-state index contributed by atoms with van der Waals surface area (Å²) in [5.41, 5.74) is 2.41. The molecule has 2 aromatic rings. The number of halogens is 3. The molecule has 2 aromatic heterocycles. The van der Waals surface area contributed by atoms with Gasteiger partial charge in [-0.15, -0.1) is 0 Å². The number of nitrogens with one attached hydrogen (secondary N) is 2. The summed E-state index contributed by atoms with van der Waals surface area (Å²) in [6.07, 6.45) is 1.31. The lowest BCUT2D eigenvalue weighted by Gasteiger charge is -2.11. The molecule has 0 fully saturated rings. The number of fused-ring (bicyclic) bond motifs is 1. The Labute approximate surface area is 179 Å². The first kappa shape index (κ1) is 22.4. The van der Waals surface area contributed by atoms with E-state index in [4.69, 9.17) is 0 Å². The predicted octanol–water partition coefficient (Wildman–Crippen LogP) is 4.86. The lowest BCUT2D eigenvalue weighted by atomic mass is 10.1. The molecular weight excluding hydrogens is 411 g/mol. The largest absolute Gasteiger partial charge is 0.433 e. The van der Waals surface area contributed by atoms with Gasteiger partial charge in [-0.25, -0.2) is 4.98 Å². The Kier molecular flexibility index (Phi) is 7.58. The van der Waals surface area contributed by atoms with E-state index in [0.29, 0.717) is 13.0 Å². The number of rotatable bonds is 5. The van der Waals surface area contributed by atoms with Crippen LogP contribution in [0.2, 0.25) is 0 Å². The van der Waals surface area contributed by atoms with Gasteiger partial charge in [0, 0.05) is 25.5 Å². The zero-order valence-electron chi connectivity index (χ0n) is 17.1. The molecule has 5 nitrogen and oxygen atoms in total. The third-order valence-corrected chi connectivity index (χ3v) is 5.94. The van der Waals surface area contributed by atoms with Crippen molar-refractivity contribution in [2.75, 3.05) is 25.0 Å². The average Bonchev–Trinajstić information content (AvgIpc) is 3.41. The number of amidine groups is 1. The van der Waals surface area contributed by atoms with E-state index >= 15 is 0 Å². The molecule has 4 rings (SSSR count). The molecule has 0 amide bonds. The molecular formula is C21H26F3N5S. The molecule has 0 saturated heterocycles. The van der Waals surface area contributed by atoms with Crippen LogP contribution < -0.4 is 10.6 Å². The van der Waals surface area contributed by atoms with Crippen molar-refractivity contribution >= 4 is 22.7 Å². The molecule has 1 unspecified atom stereocenters. The number of aryl methyl sites for hydroxylation is 1. The normalized spacial score (nSPS) is 17.5. The molecule has 0 aromatic carbocycles. The first-order valence-electron chi connectivity index (χ1n) is 10.2. The Morgan fingerprint density at radius 1 is 1.20 bits per heavy atom. The van der Waals surface area contributed by atoms with Gasteiger partial charge in [-0.2, -0.15) is 13.2 Å². The Balaban J connectivity index is 0.00000124. The summed E-state index contributed by atoms with van der Waals surface area (Å²) in [5, 5.41) is 7.77. The van der Waals surface area contributed by atoms with Crippen molar-refractivity contribution in [3.05, 3.63) is 53.0 Å². The molecule has 4 heterocycles. The van der Waals surface area contributed by atoms with Gasteiger partial charge < -0.3 is 10.6 Å². The van der Waals surface area contributed by atoms with Gasteiger partial charge in [-0.05, 0) is 48.1 Å². The maximum Gasteiger partial charge on any atom is 0.433 e. The first-order valence-corrected chi connectivity index (χ1v) is 11.1. The highest BCUT2D eigenvalue weighted by molar-refractivity contribution is 8.14. The lowest BCUT2D eigenvalue weighted by Crippen LogP contribution is -2.20. The Bertz CT molecular complexity index is 868. The number of hydrogen-bond acceptors (Lipinski definition) is 6. The fourth-order valence-electron chi connectivity index (χ4n) is 3.24. The minimum Gasteiger partial charge on any atom is -0.370 e. The molecule has 0 spiro atoms. The minimum absolute atomic E-state index is 0.278. The van der Waals surface area contributed by atoms with Crippen LogP contribution in [0, 0.1) is 0 Å². The molecule has 0 radical (unpaired) electrons. The Morgan fingerprint density at radius 3 is 2.77 bits per heavy atom. The number of hydrogen-bond donors (Lipinski definition) is 2. The van der Waals surface area contributed by atoms with Crippen LogP contribution >= 0.6 is 11.8 Å². The molecule has 2 N–H and O–H groups in total. The SMILES string of the molecule is CC.FC(F)(F)c1ccc(CCCNC2=NCC(c3cnc4c(c3)CCN4)S2)cn1. The van der Waals surface area contributed by atoms with Crippen molar-refractivity contribution in [2.24, 2.45) is 4.99 Å². The number of alkyl halides is 3. The molecule has 0 bridgehead atoms. The van der Waals surface area contributed by atoms with Crippen LogP contribution in [0.5, 0.6) is 0 Å². The second-order valence-electron chi connectivity index (χ2n) is 6.79. The molecule has 2 aliphatic rings. The zero-order chi connectivity index (χ0) is 21.6. The van der Waals surface area contributed by atoms with Crippen LogP contribution in [0.25, 0.3) is 0 Å². The summed E-state index contributed by atoms with van der Waals surface area (Å²) >= 11 is 1.70. The van der Waals surface area contributed by atoms with Crippen LogP contribution in [0.3, 0.4) is 0 Å². The number of pyridine rings is 2. The van der Waals surface area contributed by atoms with Gasteiger partial charge in [0.1, 0.15) is 11.5 Å². The number of thioether (sulfide) groups is 1. The predicted molar refractivity (Wildman–Crippen MR) is 116 cm³/mol. The van der Waals surface area contributed by atoms with Crippen molar-refractivity contribution < 1.29 is 13.2 Å². The summed E-state index contributed by atoms with van der Waals surface area (Å²) in [6.45, 7) is 6.39. The van der Waals surface area contributed by atoms with E-state index < -0.39 is 11.9 Å². The first-order chi connectivity index (χ1) is 14.5. The second-order valence-corrected chi connectivity index (χ2v) is 7.98. The van der Waals surface area contributed by atoms with Crippen LogP contribution in [-0.4, -0.2) is 34.8 Å². The fraction of sp³-hybridized carbons (Fsp3) is 0.476. The van der Waals surface area contributed by atoms with Crippen LogP contribution in [0.1, 0.15) is 47.9 Å². The highest BCUT2D eigenvalue weighted by atomic mass is 32.2. The topological polar surface area (TPSA) is 62.2 Å². The zero-order valence-corrected chi connectivity index (χ0v) is 17.9. The van der Waals surface area contributed by atoms with E-state index in [2.05, 4.69) is 31.7 Å². The lowest BCUT2D eigenvalue weighted by molar-refractivity contribution is -0.141. The van der Waals surface area contributed by atoms with E-state index in [1.54, 1.807) is 11.8 Å². The summed E-state index contributed by atoms with van der Waals surface area (Å²) in [6, 6.07) is 4.74. The average molecular weight is 438 g/mol. The molecule has 0 saturated carbocycles. The van der Waals surface area contributed by atoms with Gasteiger partial charge in [-0.1, -0.05) is 31.7 Å². The van der Waals surface area contributed by atoms with Gasteiger partial charge in [-0.3, -0.25) is 9.98 Å². The molecule has 9 heteroatoms. The quantitative estimate of drug-likeness (QED) is 0.655. The smallest absolute Gasteiger partial charge is 0.370 e. The van der Waals surface area contributed by atoms with Crippen molar-refractivity contribution in [1.29, 1.82) is 0 Å². The van der Waals surface area contributed by atoms with E-state index in [0.717, 1.165) is 48.5 Å². The van der Waals surface area contributed by atoms with Crippen molar-refractivity contribution in [2.45, 2.75) is 44.5 Å². The monoisotopic (exact) mass is 437 g/mol. The van der Waals surface area contributed by atoms with E-state index in [1.165, 1.54) is 23.4 Å². The number of aliphatic imine (C=N–C) groups is 1. The van der Waals surface area contributed by atoms with Crippen molar-refractivity contribution in [3.8, 4) is 0 Å². The minimum atomic E-state index is -4.39. The summed E-state index contributed by atoms with van der Waals surface area (Å²) in [4.78, 5) is 12.5. The number of aromatic nitrogens is 2. The molecule has 1 atom stereocenters. The van der Waals surface area contributed by atoms with Crippen molar-refractivity contribution in [3.63, 3.8) is 0 Å². The van der Waals surface area contributed by atoms with Gasteiger partial charge in [0.05, 0.1) is 11.8 Å². The summed E-state index contributed by atoms with van der Waals surface area (Å²) in [5.74, 6) is 0.990. The van der Waals surface area contributed by atoms with E-state index in [1.807, 2.05) is 20.0 Å². The third-order valence-electron chi connectivity index (χ3n) is 4.73. The Morgan fingerprint density at radius 2 is 2.03 bits per heavy atom. The molecule has 0 aliphatic carbocycles. The van der Waals surface area contributed by atoms with Gasteiger partial charge in [0.2, 0.25) is 0 Å². The molecule has 30 heavy (non-hydrogen) atoms. The second kappa shape index (κ2) is 10.1. The van der Waals surface area contributed by atoms with Gasteiger partial charge >= 0.3 is 6.18 Å². The van der Waals surface area contributed by atoms with E-state index in [9.17, 15) is 13.2 Å². The molecule has 2 aliphatic heterocycles. The number of anilines is 1. The van der Waals surface area contributed by atoms with Crippen LogP contribution in [0.15, 0.2) is 35.6 Å². The van der Waals surface area contributed by atoms with Crippen LogP contribution in [-0.2, 0) is 19.0 Å². The summed E-state index contributed by atoms with van der Waals surface area (Å²) in [7, 11) is 0. The number of nitrogens with zero attached hydrogens (tertiary/aromatic N) is 3. The highest BCUT2D eigenvalue weighted by Crippen LogP contribution is 2.36. The molecule has 162 valence electrons. The standard InChI is InChI=1S/C19H20F3N5S.C2H6/c20-19(21,22)16-4-3-12(9-25-16)2-1-6-24-18-27-11-15(28-18)14-8-13-5-7-23-17(13)26-10-14;1-2/h3-4,8-10,15H,1-2,5-7,11H2,(H,23,26)(H,24,27);1-2H3. The third kappa shape index (κ3) is 5.65. The van der Waals surface area contributed by atoms with Gasteiger partial charge in [0.15, 0.2) is 5.17 Å². The van der Waals surface area contributed by atoms with Crippen LogP contribution in [0.4, 0.5) is 19.0 Å². The van der Waals surface area contributed by atoms with Gasteiger partial charge in [0.25, 0.3) is 0 Å².